The molecule has 2 rings (SSSR count). The van der Waals surface area contributed by atoms with E-state index >= 15 is 0 Å². The average Bonchev–Trinajstić information content (AvgIpc) is 2.79. The normalized spacial score (nSPS) is 11.7. The van der Waals surface area contributed by atoms with Crippen LogP contribution in [-0.2, 0) is 9.59 Å². The lowest BCUT2D eigenvalue weighted by atomic mass is 10.2. The number of azo groups is 1. The molecular weight excluding hydrogens is 497 g/mol. The molecule has 0 aliphatic heterocycles. The van der Waals surface area contributed by atoms with Gasteiger partial charge in [0.05, 0.1) is 37.1 Å². The van der Waals surface area contributed by atoms with Crippen LogP contribution >= 0.6 is 23.2 Å². The number of hydrogen-bond acceptors (Lipinski definition) is 8. The van der Waals surface area contributed by atoms with E-state index in [0.717, 1.165) is 0 Å². The van der Waals surface area contributed by atoms with E-state index in [1.165, 1.54) is 25.1 Å². The zero-order valence-corrected chi connectivity index (χ0v) is 21.8. The van der Waals surface area contributed by atoms with E-state index in [9.17, 15) is 9.59 Å². The summed E-state index contributed by atoms with van der Waals surface area (Å²) in [6.07, 6.45) is 0. The number of rotatable bonds is 13. The third kappa shape index (κ3) is 7.73. The van der Waals surface area contributed by atoms with Gasteiger partial charge in [-0.2, -0.15) is 10.2 Å². The molecule has 2 aromatic carbocycles. The van der Waals surface area contributed by atoms with Gasteiger partial charge in [-0.15, -0.1) is 0 Å². The van der Waals surface area contributed by atoms with Crippen molar-refractivity contribution in [2.45, 2.75) is 40.7 Å². The molecule has 0 spiro atoms. The minimum atomic E-state index is -1.45. The molecule has 1 N–H and O–H groups in total. The number of Topliss-reactive ketones (excluding diaryl/α,β-unsaturated/α-hetero) is 1. The van der Waals surface area contributed by atoms with Gasteiger partial charge in [0.15, 0.2) is 28.8 Å². The highest BCUT2D eigenvalue weighted by molar-refractivity contribution is 6.34. The molecule has 0 bridgehead atoms. The van der Waals surface area contributed by atoms with Gasteiger partial charge in [0.2, 0.25) is 6.04 Å². The zero-order valence-electron chi connectivity index (χ0n) is 20.3. The van der Waals surface area contributed by atoms with Crippen molar-refractivity contribution in [1.82, 2.24) is 0 Å². The number of carbonyl (C=O) groups is 2. The van der Waals surface area contributed by atoms with E-state index in [-0.39, 0.29) is 16.4 Å². The second kappa shape index (κ2) is 13.7. The number of nitrogens with one attached hydrogen (secondary N) is 1. The average molecular weight is 526 g/mol. The van der Waals surface area contributed by atoms with Gasteiger partial charge >= 0.3 is 0 Å². The molecule has 11 heteroatoms. The Labute approximate surface area is 214 Å². The Morgan fingerprint density at radius 2 is 1.43 bits per heavy atom. The zero-order chi connectivity index (χ0) is 26.0. The van der Waals surface area contributed by atoms with Crippen LogP contribution in [0.2, 0.25) is 10.0 Å². The maximum absolute atomic E-state index is 13.0. The molecule has 0 radical (unpaired) electrons. The van der Waals surface area contributed by atoms with Crippen LogP contribution < -0.4 is 24.3 Å². The van der Waals surface area contributed by atoms with Crippen LogP contribution in [0, 0.1) is 0 Å². The van der Waals surface area contributed by atoms with E-state index in [2.05, 4.69) is 15.5 Å². The van der Waals surface area contributed by atoms with Crippen molar-refractivity contribution in [2.24, 2.45) is 10.2 Å². The van der Waals surface area contributed by atoms with Crippen molar-refractivity contribution in [2.75, 3.05) is 31.7 Å². The third-order valence-electron chi connectivity index (χ3n) is 4.39. The second-order valence-corrected chi connectivity index (χ2v) is 7.82. The predicted octanol–water partition coefficient (Wildman–Crippen LogP) is 6.27. The molecule has 9 nitrogen and oxygen atoms in total. The Balaban J connectivity index is 2.37. The molecule has 190 valence electrons. The van der Waals surface area contributed by atoms with E-state index in [4.69, 9.17) is 42.1 Å². The molecule has 0 aliphatic carbocycles. The summed E-state index contributed by atoms with van der Waals surface area (Å²) in [4.78, 5) is 25.2. The van der Waals surface area contributed by atoms with E-state index < -0.39 is 17.7 Å². The van der Waals surface area contributed by atoms with Crippen LogP contribution in [0.4, 0.5) is 11.4 Å². The maximum Gasteiger partial charge on any atom is 0.258 e. The largest absolute Gasteiger partial charge is 0.490 e. The number of benzene rings is 2. The Bertz CT molecular complexity index is 1080. The first kappa shape index (κ1) is 28.2. The summed E-state index contributed by atoms with van der Waals surface area (Å²) in [6, 6.07) is 4.71. The number of amides is 1. The van der Waals surface area contributed by atoms with Crippen LogP contribution in [0.3, 0.4) is 0 Å². The first-order valence-corrected chi connectivity index (χ1v) is 11.9. The second-order valence-electron chi connectivity index (χ2n) is 6.98. The Hall–Kier alpha value is -3.04. The van der Waals surface area contributed by atoms with Crippen molar-refractivity contribution in [3.63, 3.8) is 0 Å². The number of hydrogen-bond donors (Lipinski definition) is 1. The van der Waals surface area contributed by atoms with Gasteiger partial charge < -0.3 is 24.3 Å². The highest BCUT2D eigenvalue weighted by Crippen LogP contribution is 2.41. The molecular formula is C24H29Cl2N3O6. The molecule has 35 heavy (non-hydrogen) atoms. The van der Waals surface area contributed by atoms with Gasteiger partial charge in [-0.1, -0.05) is 23.2 Å². The first-order valence-electron chi connectivity index (χ1n) is 11.2. The number of anilines is 1. The van der Waals surface area contributed by atoms with Crippen molar-refractivity contribution in [3.8, 4) is 23.0 Å². The smallest absolute Gasteiger partial charge is 0.258 e. The lowest BCUT2D eigenvalue weighted by molar-refractivity contribution is -0.126. The molecule has 1 amide bonds. The SMILES string of the molecule is CCOc1cc(Cl)c(NC(=O)C(N=Nc2cc(Cl)cc(OCC)c2OCC)C(C)=O)cc1OCC. The van der Waals surface area contributed by atoms with Crippen LogP contribution in [0.5, 0.6) is 23.0 Å². The lowest BCUT2D eigenvalue weighted by Gasteiger charge is -2.16. The number of ketones is 1. The number of halogens is 2. The molecule has 0 heterocycles. The maximum atomic E-state index is 13.0. The van der Waals surface area contributed by atoms with Crippen LogP contribution in [0.25, 0.3) is 0 Å². The fraction of sp³-hybridized carbons (Fsp3) is 0.417. The van der Waals surface area contributed by atoms with Crippen molar-refractivity contribution in [1.29, 1.82) is 0 Å². The minimum absolute atomic E-state index is 0.208. The summed E-state index contributed by atoms with van der Waals surface area (Å²) < 4.78 is 22.3. The summed E-state index contributed by atoms with van der Waals surface area (Å²) >= 11 is 12.5. The summed E-state index contributed by atoms with van der Waals surface area (Å²) in [5, 5.41) is 11.2. The topological polar surface area (TPSA) is 108 Å². The minimum Gasteiger partial charge on any atom is -0.490 e. The fourth-order valence-corrected chi connectivity index (χ4v) is 3.39. The molecule has 0 aromatic heterocycles. The number of carbonyl (C=O) groups excluding carboxylic acids is 2. The quantitative estimate of drug-likeness (QED) is 0.244. The summed E-state index contributed by atoms with van der Waals surface area (Å²) in [7, 11) is 0. The van der Waals surface area contributed by atoms with Gasteiger partial charge in [0.25, 0.3) is 5.91 Å². The van der Waals surface area contributed by atoms with Gasteiger partial charge in [0, 0.05) is 23.2 Å². The highest BCUT2D eigenvalue weighted by atomic mass is 35.5. The van der Waals surface area contributed by atoms with E-state index in [0.29, 0.717) is 54.4 Å². The van der Waals surface area contributed by atoms with Gasteiger partial charge in [-0.05, 0) is 40.7 Å². The number of ether oxygens (including phenoxy) is 4. The van der Waals surface area contributed by atoms with Gasteiger partial charge in [-0.25, -0.2) is 0 Å². The van der Waals surface area contributed by atoms with Crippen molar-refractivity contribution < 1.29 is 28.5 Å². The molecule has 1 atom stereocenters. The van der Waals surface area contributed by atoms with Crippen molar-refractivity contribution in [3.05, 3.63) is 34.3 Å². The van der Waals surface area contributed by atoms with Crippen molar-refractivity contribution >= 4 is 46.3 Å². The predicted molar refractivity (Wildman–Crippen MR) is 135 cm³/mol. The summed E-state index contributed by atoms with van der Waals surface area (Å²) in [6.45, 7) is 10.0. The number of nitrogens with zero attached hydrogens (tertiary/aromatic N) is 2. The summed E-state index contributed by atoms with van der Waals surface area (Å²) in [5.74, 6) is 0.280. The Morgan fingerprint density at radius 1 is 0.857 bits per heavy atom. The Kier molecular flexibility index (Phi) is 11.1. The lowest BCUT2D eigenvalue weighted by Crippen LogP contribution is -2.32. The van der Waals surface area contributed by atoms with E-state index in [1.54, 1.807) is 13.0 Å². The molecule has 0 fully saturated rings. The Morgan fingerprint density at radius 3 is 2.00 bits per heavy atom. The van der Waals surface area contributed by atoms with E-state index in [1.807, 2.05) is 20.8 Å². The van der Waals surface area contributed by atoms with Gasteiger partial charge in [0.1, 0.15) is 5.69 Å². The standard InChI is InChI=1S/C24H29Cl2N3O6/c1-6-32-19-12-16(26)17(13-20(19)33-7-2)27-24(31)22(14(5)30)29-28-18-10-15(25)11-21(34-8-3)23(18)35-9-4/h10-13,22H,6-9H2,1-5H3,(H,27,31). The molecule has 0 saturated carbocycles. The highest BCUT2D eigenvalue weighted by Gasteiger charge is 2.25. The monoisotopic (exact) mass is 525 g/mol. The third-order valence-corrected chi connectivity index (χ3v) is 4.92. The molecule has 2 aromatic rings. The van der Waals surface area contributed by atoms with Crippen LogP contribution in [0.1, 0.15) is 34.6 Å². The van der Waals surface area contributed by atoms with Gasteiger partial charge in [-0.3, -0.25) is 9.59 Å². The fourth-order valence-electron chi connectivity index (χ4n) is 2.99. The summed E-state index contributed by atoms with van der Waals surface area (Å²) in [5.41, 5.74) is 0.459. The molecule has 1 unspecified atom stereocenters. The molecule has 0 saturated heterocycles. The van der Waals surface area contributed by atoms with Crippen LogP contribution in [0.15, 0.2) is 34.5 Å². The molecule has 0 aliphatic rings. The van der Waals surface area contributed by atoms with Crippen LogP contribution in [-0.4, -0.2) is 44.2 Å². The first-order chi connectivity index (χ1) is 16.7.